The summed E-state index contributed by atoms with van der Waals surface area (Å²) in [6.45, 7) is 0. The molecule has 0 spiro atoms. The Kier molecular flexibility index (Phi) is 7.85. The van der Waals surface area contributed by atoms with Crippen LogP contribution in [-0.2, 0) is 0 Å². The monoisotopic (exact) mass is 688 g/mol. The molecule has 1 heterocycles. The molecule has 0 saturated heterocycles. The van der Waals surface area contributed by atoms with Crippen molar-refractivity contribution in [1.29, 1.82) is 0 Å². The number of rotatable bonds is 7. The average molecular weight is 689 g/mol. The van der Waals surface area contributed by atoms with Crippen molar-refractivity contribution in [2.45, 2.75) is 0 Å². The minimum Gasteiger partial charge on any atom is -0.310 e. The summed E-state index contributed by atoms with van der Waals surface area (Å²) in [5.74, 6) is 0. The third-order valence-electron chi connectivity index (χ3n) is 10.6. The van der Waals surface area contributed by atoms with E-state index in [0.717, 1.165) is 22.7 Å². The van der Waals surface area contributed by atoms with Crippen molar-refractivity contribution in [1.82, 2.24) is 4.57 Å². The molecule has 0 fully saturated rings. The Hall–Kier alpha value is -7.16. The summed E-state index contributed by atoms with van der Waals surface area (Å²) < 4.78 is 2.40. The summed E-state index contributed by atoms with van der Waals surface area (Å²) in [5, 5.41) is 4.96. The molecule has 0 atom stereocenters. The molecule has 9 aromatic carbocycles. The van der Waals surface area contributed by atoms with Crippen molar-refractivity contribution >= 4 is 49.6 Å². The van der Waals surface area contributed by atoms with E-state index in [1.807, 2.05) is 0 Å². The summed E-state index contributed by atoms with van der Waals surface area (Å²) >= 11 is 0. The van der Waals surface area contributed by atoms with Crippen molar-refractivity contribution in [3.05, 3.63) is 218 Å². The summed E-state index contributed by atoms with van der Waals surface area (Å²) in [7, 11) is 0. The number of nitrogens with zero attached hydrogens (tertiary/aromatic N) is 2. The quantitative estimate of drug-likeness (QED) is 0.162. The molecule has 0 aliphatic carbocycles. The lowest BCUT2D eigenvalue weighted by atomic mass is 9.96. The number of hydrogen-bond acceptors (Lipinski definition) is 1. The van der Waals surface area contributed by atoms with Crippen LogP contribution in [0, 0.1) is 0 Å². The van der Waals surface area contributed by atoms with Crippen LogP contribution < -0.4 is 4.90 Å². The fourth-order valence-corrected chi connectivity index (χ4v) is 8.06. The fraction of sp³-hybridized carbons (Fsp3) is 0. The largest absolute Gasteiger partial charge is 0.310 e. The smallest absolute Gasteiger partial charge is 0.0547 e. The molecule has 0 aliphatic rings. The predicted octanol–water partition coefficient (Wildman–Crippen LogP) is 14.4. The average Bonchev–Trinajstić information content (AvgIpc) is 3.59. The lowest BCUT2D eigenvalue weighted by Crippen LogP contribution is -2.09. The van der Waals surface area contributed by atoms with Crippen LogP contribution in [0.1, 0.15) is 0 Å². The van der Waals surface area contributed by atoms with Gasteiger partial charge in [-0.25, -0.2) is 0 Å². The molecule has 0 amide bonds. The number of benzene rings is 9. The van der Waals surface area contributed by atoms with E-state index in [0.29, 0.717) is 0 Å². The molecule has 10 rings (SSSR count). The molecule has 0 radical (unpaired) electrons. The number of aromatic nitrogens is 1. The van der Waals surface area contributed by atoms with E-state index in [2.05, 4.69) is 228 Å². The number of para-hydroxylation sites is 2. The number of anilines is 3. The lowest BCUT2D eigenvalue weighted by molar-refractivity contribution is 1.18. The normalized spacial score (nSPS) is 11.3. The molecule has 2 heteroatoms. The van der Waals surface area contributed by atoms with E-state index in [-0.39, 0.29) is 0 Å². The SMILES string of the molecule is c1ccc(-c2ccc(-c3cccc4c3c3cc(N(c5ccccc5)c5ccc(-c6cccc7ccccc67)cc5)ccc3n4-c3ccccc3)cc2)cc1. The zero-order chi connectivity index (χ0) is 35.8. The van der Waals surface area contributed by atoms with Gasteiger partial charge >= 0.3 is 0 Å². The predicted molar refractivity (Wildman–Crippen MR) is 229 cm³/mol. The minimum atomic E-state index is 1.10. The summed E-state index contributed by atoms with van der Waals surface area (Å²) in [5.41, 5.74) is 14.1. The van der Waals surface area contributed by atoms with E-state index < -0.39 is 0 Å². The highest BCUT2D eigenvalue weighted by molar-refractivity contribution is 6.16. The third kappa shape index (κ3) is 5.53. The molecule has 54 heavy (non-hydrogen) atoms. The van der Waals surface area contributed by atoms with Crippen molar-refractivity contribution in [3.63, 3.8) is 0 Å². The molecule has 0 saturated carbocycles. The van der Waals surface area contributed by atoms with Crippen molar-refractivity contribution in [2.75, 3.05) is 4.90 Å². The van der Waals surface area contributed by atoms with Gasteiger partial charge in [0.1, 0.15) is 0 Å². The van der Waals surface area contributed by atoms with E-state index >= 15 is 0 Å². The standard InChI is InChI=1S/C52H36N2/c1-4-14-37(15-5-1)38-26-28-41(29-27-38)48-24-13-25-51-52(48)49-36-45(34-35-50(49)54(51)43-20-8-3-9-21-43)53(42-18-6-2-7-19-42)44-32-30-40(31-33-44)47-23-12-17-39-16-10-11-22-46(39)47/h1-36H. The van der Waals surface area contributed by atoms with Crippen LogP contribution in [0.5, 0.6) is 0 Å². The van der Waals surface area contributed by atoms with Crippen molar-refractivity contribution < 1.29 is 0 Å². The molecule has 1 aromatic heterocycles. The van der Waals surface area contributed by atoms with Gasteiger partial charge in [0, 0.05) is 33.5 Å². The highest BCUT2D eigenvalue weighted by Gasteiger charge is 2.20. The van der Waals surface area contributed by atoms with Crippen LogP contribution in [0.4, 0.5) is 17.1 Å². The maximum absolute atomic E-state index is 2.40. The van der Waals surface area contributed by atoms with E-state index in [9.17, 15) is 0 Å². The molecule has 254 valence electrons. The Balaban J connectivity index is 1.15. The van der Waals surface area contributed by atoms with Crippen LogP contribution >= 0.6 is 0 Å². The molecule has 0 aliphatic heterocycles. The van der Waals surface area contributed by atoms with Crippen LogP contribution in [-0.4, -0.2) is 4.57 Å². The maximum atomic E-state index is 2.40. The number of fused-ring (bicyclic) bond motifs is 4. The van der Waals surface area contributed by atoms with E-state index in [1.165, 1.54) is 66.0 Å². The second kappa shape index (κ2) is 13.4. The van der Waals surface area contributed by atoms with Gasteiger partial charge < -0.3 is 9.47 Å². The molecule has 0 bridgehead atoms. The Morgan fingerprint density at radius 3 is 1.63 bits per heavy atom. The van der Waals surface area contributed by atoms with Gasteiger partial charge in [0.2, 0.25) is 0 Å². The molecular formula is C52H36N2. The Morgan fingerprint density at radius 2 is 0.852 bits per heavy atom. The minimum absolute atomic E-state index is 1.10. The molecule has 0 unspecified atom stereocenters. The van der Waals surface area contributed by atoms with Crippen LogP contribution in [0.25, 0.3) is 71.6 Å². The first-order chi connectivity index (χ1) is 26.8. The van der Waals surface area contributed by atoms with Crippen LogP contribution in [0.2, 0.25) is 0 Å². The number of hydrogen-bond donors (Lipinski definition) is 0. The molecule has 0 N–H and O–H groups in total. The highest BCUT2D eigenvalue weighted by Crippen LogP contribution is 2.43. The van der Waals surface area contributed by atoms with Gasteiger partial charge in [0.25, 0.3) is 0 Å². The maximum Gasteiger partial charge on any atom is 0.0547 e. The van der Waals surface area contributed by atoms with Gasteiger partial charge in [0.15, 0.2) is 0 Å². The first-order valence-electron chi connectivity index (χ1n) is 18.5. The second-order valence-corrected chi connectivity index (χ2v) is 13.8. The highest BCUT2D eigenvalue weighted by atomic mass is 15.1. The first-order valence-corrected chi connectivity index (χ1v) is 18.5. The Morgan fingerprint density at radius 1 is 0.315 bits per heavy atom. The second-order valence-electron chi connectivity index (χ2n) is 13.8. The zero-order valence-corrected chi connectivity index (χ0v) is 29.7. The molecule has 2 nitrogen and oxygen atoms in total. The molecular weight excluding hydrogens is 653 g/mol. The van der Waals surface area contributed by atoms with Gasteiger partial charge in [-0.1, -0.05) is 158 Å². The topological polar surface area (TPSA) is 8.17 Å². The van der Waals surface area contributed by atoms with Crippen LogP contribution in [0.3, 0.4) is 0 Å². The van der Waals surface area contributed by atoms with Gasteiger partial charge in [-0.2, -0.15) is 0 Å². The summed E-state index contributed by atoms with van der Waals surface area (Å²) in [4.78, 5) is 2.37. The van der Waals surface area contributed by atoms with Gasteiger partial charge in [-0.05, 0) is 105 Å². The van der Waals surface area contributed by atoms with Crippen molar-refractivity contribution in [3.8, 4) is 39.1 Å². The van der Waals surface area contributed by atoms with E-state index in [4.69, 9.17) is 0 Å². The summed E-state index contributed by atoms with van der Waals surface area (Å²) in [6.07, 6.45) is 0. The van der Waals surface area contributed by atoms with E-state index in [1.54, 1.807) is 0 Å². The Labute approximate surface area is 315 Å². The summed E-state index contributed by atoms with van der Waals surface area (Å²) in [6, 6.07) is 78.8. The third-order valence-corrected chi connectivity index (χ3v) is 10.6. The first kappa shape index (κ1) is 31.6. The fourth-order valence-electron chi connectivity index (χ4n) is 8.06. The van der Waals surface area contributed by atoms with Crippen molar-refractivity contribution in [2.24, 2.45) is 0 Å². The lowest BCUT2D eigenvalue weighted by Gasteiger charge is -2.26. The Bertz CT molecular complexity index is 2890. The zero-order valence-electron chi connectivity index (χ0n) is 29.7. The van der Waals surface area contributed by atoms with Crippen LogP contribution in [0.15, 0.2) is 218 Å². The van der Waals surface area contributed by atoms with Gasteiger partial charge in [-0.3, -0.25) is 0 Å². The van der Waals surface area contributed by atoms with Gasteiger partial charge in [0.05, 0.1) is 11.0 Å². The van der Waals surface area contributed by atoms with Gasteiger partial charge in [-0.15, -0.1) is 0 Å². The molecule has 10 aromatic rings.